The van der Waals surface area contributed by atoms with Crippen LogP contribution in [0.2, 0.25) is 0 Å². The first-order chi connectivity index (χ1) is 8.59. The van der Waals surface area contributed by atoms with E-state index >= 15 is 0 Å². The second-order valence-corrected chi connectivity index (χ2v) is 4.48. The molecule has 1 amide bonds. The van der Waals surface area contributed by atoms with Gasteiger partial charge in [-0.05, 0) is 25.0 Å². The Morgan fingerprint density at radius 2 is 1.83 bits per heavy atom. The fraction of sp³-hybridized carbons (Fsp3) is 0.385. The van der Waals surface area contributed by atoms with Crippen molar-refractivity contribution >= 4 is 17.6 Å². The number of aliphatic carboxylic acids is 1. The van der Waals surface area contributed by atoms with Gasteiger partial charge in [-0.25, -0.2) is 0 Å². The second-order valence-electron chi connectivity index (χ2n) is 4.48. The predicted molar refractivity (Wildman–Crippen MR) is 67.5 cm³/mol. The summed E-state index contributed by atoms with van der Waals surface area (Å²) >= 11 is 0. The number of amides is 1. The number of benzene rings is 1. The Hall–Kier alpha value is -2.04. The standard InChI is InChI=1S/C13H16N2O3/c14-12(16)10-3-1-2-4-11(10)15-7-5-9(6-8-15)13(17)18/h1-4,9H,5-8H2,(H2,14,16)(H,17,18). The molecule has 1 saturated heterocycles. The van der Waals surface area contributed by atoms with E-state index in [1.54, 1.807) is 12.1 Å². The first-order valence-corrected chi connectivity index (χ1v) is 5.96. The van der Waals surface area contributed by atoms with Crippen LogP contribution in [0.25, 0.3) is 0 Å². The van der Waals surface area contributed by atoms with Crippen LogP contribution in [-0.4, -0.2) is 30.1 Å². The number of carbonyl (C=O) groups excluding carboxylic acids is 1. The second kappa shape index (κ2) is 5.08. The number of piperidine rings is 1. The number of hydrogen-bond donors (Lipinski definition) is 2. The third-order valence-corrected chi connectivity index (χ3v) is 3.35. The SMILES string of the molecule is NC(=O)c1ccccc1N1CCC(C(=O)O)CC1. The summed E-state index contributed by atoms with van der Waals surface area (Å²) in [7, 11) is 0. The molecule has 5 heteroatoms. The van der Waals surface area contributed by atoms with Crippen molar-refractivity contribution in [2.75, 3.05) is 18.0 Å². The molecule has 0 saturated carbocycles. The number of para-hydroxylation sites is 1. The monoisotopic (exact) mass is 248 g/mol. The summed E-state index contributed by atoms with van der Waals surface area (Å²) in [4.78, 5) is 24.2. The molecule has 1 aliphatic rings. The molecule has 1 heterocycles. The average Bonchev–Trinajstić information content (AvgIpc) is 2.39. The molecule has 1 fully saturated rings. The third-order valence-electron chi connectivity index (χ3n) is 3.35. The van der Waals surface area contributed by atoms with Crippen molar-refractivity contribution in [3.8, 4) is 0 Å². The fourth-order valence-corrected chi connectivity index (χ4v) is 2.33. The molecule has 3 N–H and O–H groups in total. The van der Waals surface area contributed by atoms with E-state index in [4.69, 9.17) is 10.8 Å². The van der Waals surface area contributed by atoms with Crippen LogP contribution in [0.3, 0.4) is 0 Å². The average molecular weight is 248 g/mol. The summed E-state index contributed by atoms with van der Waals surface area (Å²) < 4.78 is 0. The lowest BCUT2D eigenvalue weighted by Crippen LogP contribution is -2.37. The minimum absolute atomic E-state index is 0.276. The van der Waals surface area contributed by atoms with E-state index in [-0.39, 0.29) is 5.92 Å². The zero-order valence-electron chi connectivity index (χ0n) is 10.0. The highest BCUT2D eigenvalue weighted by Gasteiger charge is 2.25. The van der Waals surface area contributed by atoms with Gasteiger partial charge in [0.25, 0.3) is 5.91 Å². The zero-order valence-corrected chi connectivity index (χ0v) is 10.0. The van der Waals surface area contributed by atoms with Crippen LogP contribution in [0, 0.1) is 5.92 Å². The molecule has 2 rings (SSSR count). The van der Waals surface area contributed by atoms with Gasteiger partial charge in [0.15, 0.2) is 0 Å². The normalized spacial score (nSPS) is 16.6. The maximum atomic E-state index is 11.3. The van der Waals surface area contributed by atoms with E-state index in [1.165, 1.54) is 0 Å². The number of hydrogen-bond acceptors (Lipinski definition) is 3. The number of rotatable bonds is 3. The number of carboxylic acid groups (broad SMARTS) is 1. The van der Waals surface area contributed by atoms with Gasteiger partial charge in [0.2, 0.25) is 0 Å². The lowest BCUT2D eigenvalue weighted by atomic mass is 9.96. The van der Waals surface area contributed by atoms with Crippen molar-refractivity contribution in [3.63, 3.8) is 0 Å². The number of carbonyl (C=O) groups is 2. The summed E-state index contributed by atoms with van der Waals surface area (Å²) in [5.74, 6) is -1.47. The van der Waals surface area contributed by atoms with E-state index in [2.05, 4.69) is 0 Å². The van der Waals surface area contributed by atoms with Gasteiger partial charge < -0.3 is 15.7 Å². The van der Waals surface area contributed by atoms with Gasteiger partial charge in [-0.3, -0.25) is 9.59 Å². The van der Waals surface area contributed by atoms with Crippen molar-refractivity contribution in [2.24, 2.45) is 11.7 Å². The molecule has 1 aliphatic heterocycles. The maximum Gasteiger partial charge on any atom is 0.306 e. The van der Waals surface area contributed by atoms with E-state index in [9.17, 15) is 9.59 Å². The molecule has 0 unspecified atom stereocenters. The molecule has 0 atom stereocenters. The summed E-state index contributed by atoms with van der Waals surface area (Å²) in [6.07, 6.45) is 1.20. The van der Waals surface area contributed by atoms with E-state index in [1.807, 2.05) is 17.0 Å². The van der Waals surface area contributed by atoms with Gasteiger partial charge in [-0.1, -0.05) is 12.1 Å². The smallest absolute Gasteiger partial charge is 0.306 e. The molecular formula is C13H16N2O3. The topological polar surface area (TPSA) is 83.6 Å². The molecule has 1 aromatic carbocycles. The summed E-state index contributed by atoms with van der Waals surface area (Å²) in [5, 5.41) is 8.95. The maximum absolute atomic E-state index is 11.3. The van der Waals surface area contributed by atoms with E-state index in [0.717, 1.165) is 5.69 Å². The first-order valence-electron chi connectivity index (χ1n) is 5.96. The van der Waals surface area contributed by atoms with Crippen LogP contribution in [0.1, 0.15) is 23.2 Å². The molecule has 96 valence electrons. The van der Waals surface area contributed by atoms with Gasteiger partial charge in [-0.15, -0.1) is 0 Å². The number of anilines is 1. The molecule has 5 nitrogen and oxygen atoms in total. The van der Waals surface area contributed by atoms with Gasteiger partial charge >= 0.3 is 5.97 Å². The van der Waals surface area contributed by atoms with Crippen LogP contribution in [-0.2, 0) is 4.79 Å². The Labute approximate surface area is 105 Å². The van der Waals surface area contributed by atoms with Crippen LogP contribution in [0.15, 0.2) is 24.3 Å². The molecule has 0 bridgehead atoms. The van der Waals surface area contributed by atoms with E-state index in [0.29, 0.717) is 31.5 Å². The van der Waals surface area contributed by atoms with Crippen molar-refractivity contribution in [1.29, 1.82) is 0 Å². The van der Waals surface area contributed by atoms with Gasteiger partial charge in [0.1, 0.15) is 0 Å². The number of carboxylic acids is 1. The highest BCUT2D eigenvalue weighted by Crippen LogP contribution is 2.26. The van der Waals surface area contributed by atoms with E-state index < -0.39 is 11.9 Å². The Morgan fingerprint density at radius 3 is 2.39 bits per heavy atom. The number of nitrogens with zero attached hydrogens (tertiary/aromatic N) is 1. The quantitative estimate of drug-likeness (QED) is 0.838. The molecule has 1 aromatic rings. The van der Waals surface area contributed by atoms with Gasteiger partial charge in [-0.2, -0.15) is 0 Å². The van der Waals surface area contributed by atoms with Gasteiger partial charge in [0, 0.05) is 18.8 Å². The predicted octanol–water partition coefficient (Wildman–Crippen LogP) is 1.09. The highest BCUT2D eigenvalue weighted by atomic mass is 16.4. The van der Waals surface area contributed by atoms with Crippen LogP contribution < -0.4 is 10.6 Å². The largest absolute Gasteiger partial charge is 0.481 e. The Kier molecular flexibility index (Phi) is 3.50. The van der Waals surface area contributed by atoms with Crippen LogP contribution >= 0.6 is 0 Å². The zero-order chi connectivity index (χ0) is 13.1. The molecular weight excluding hydrogens is 232 g/mol. The highest BCUT2D eigenvalue weighted by molar-refractivity contribution is 5.98. The molecule has 0 aliphatic carbocycles. The van der Waals surface area contributed by atoms with Crippen molar-refractivity contribution < 1.29 is 14.7 Å². The Balaban J connectivity index is 2.15. The summed E-state index contributed by atoms with van der Waals surface area (Å²) in [5.41, 5.74) is 6.63. The summed E-state index contributed by atoms with van der Waals surface area (Å²) in [6.45, 7) is 1.28. The van der Waals surface area contributed by atoms with Crippen molar-refractivity contribution in [2.45, 2.75) is 12.8 Å². The van der Waals surface area contributed by atoms with Crippen molar-refractivity contribution in [1.82, 2.24) is 0 Å². The minimum atomic E-state index is -0.738. The lowest BCUT2D eigenvalue weighted by molar-refractivity contribution is -0.142. The third kappa shape index (κ3) is 2.45. The van der Waals surface area contributed by atoms with Crippen molar-refractivity contribution in [3.05, 3.63) is 29.8 Å². The molecule has 0 radical (unpaired) electrons. The first kappa shape index (κ1) is 12.4. The molecule has 18 heavy (non-hydrogen) atoms. The Morgan fingerprint density at radius 1 is 1.22 bits per heavy atom. The Bertz CT molecular complexity index is 465. The minimum Gasteiger partial charge on any atom is -0.481 e. The van der Waals surface area contributed by atoms with Gasteiger partial charge in [0.05, 0.1) is 11.5 Å². The molecule has 0 aromatic heterocycles. The lowest BCUT2D eigenvalue weighted by Gasteiger charge is -2.32. The summed E-state index contributed by atoms with van der Waals surface area (Å²) in [6, 6.07) is 7.17. The number of nitrogens with two attached hydrogens (primary N) is 1. The van der Waals surface area contributed by atoms with Crippen LogP contribution in [0.5, 0.6) is 0 Å². The number of primary amides is 1. The fourth-order valence-electron chi connectivity index (χ4n) is 2.33. The van der Waals surface area contributed by atoms with Crippen LogP contribution in [0.4, 0.5) is 5.69 Å². The molecule has 0 spiro atoms.